The molecule has 0 aliphatic heterocycles. The minimum Gasteiger partial charge on any atom is -0.324 e. The van der Waals surface area contributed by atoms with Crippen LogP contribution in [0.15, 0.2) is 22.7 Å². The molecule has 0 spiro atoms. The predicted molar refractivity (Wildman–Crippen MR) is 68.8 cm³/mol. The zero-order valence-corrected chi connectivity index (χ0v) is 10.9. The highest BCUT2D eigenvalue weighted by molar-refractivity contribution is 9.10. The van der Waals surface area contributed by atoms with E-state index in [0.717, 1.165) is 22.9 Å². The average Bonchev–Trinajstić information content (AvgIpc) is 2.16. The number of hydrogen-bond donors (Lipinski definition) is 1. The van der Waals surface area contributed by atoms with Crippen molar-refractivity contribution in [3.05, 3.63) is 33.3 Å². The molecule has 1 unspecified atom stereocenters. The summed E-state index contributed by atoms with van der Waals surface area (Å²) in [5, 5.41) is 0.705. The zero-order chi connectivity index (χ0) is 11.3. The van der Waals surface area contributed by atoms with Gasteiger partial charge in [-0.2, -0.15) is 0 Å². The van der Waals surface area contributed by atoms with Gasteiger partial charge >= 0.3 is 0 Å². The quantitative estimate of drug-likeness (QED) is 0.838. The van der Waals surface area contributed by atoms with Gasteiger partial charge in [-0.15, -0.1) is 11.8 Å². The Morgan fingerprint density at radius 1 is 1.47 bits per heavy atom. The summed E-state index contributed by atoms with van der Waals surface area (Å²) in [7, 11) is 0. The fraction of sp³-hybridized carbons (Fsp3) is 0.333. The summed E-state index contributed by atoms with van der Waals surface area (Å²) in [6.07, 6.45) is 1.68. The van der Waals surface area contributed by atoms with Crippen LogP contribution in [0.1, 0.15) is 31.4 Å². The van der Waals surface area contributed by atoms with Crippen molar-refractivity contribution in [1.29, 1.82) is 0 Å². The molecule has 1 nitrogen and oxygen atoms in total. The van der Waals surface area contributed by atoms with Gasteiger partial charge in [0.1, 0.15) is 0 Å². The molecule has 1 rings (SSSR count). The second-order valence-corrected chi connectivity index (χ2v) is 4.63. The molecule has 0 aliphatic rings. The monoisotopic (exact) mass is 285 g/mol. The molecule has 1 atom stereocenters. The van der Waals surface area contributed by atoms with Crippen molar-refractivity contribution in [2.45, 2.75) is 25.8 Å². The third-order valence-corrected chi connectivity index (χ3v) is 2.75. The summed E-state index contributed by atoms with van der Waals surface area (Å²) >= 11 is 9.34. The minimum absolute atomic E-state index is 0.000787. The van der Waals surface area contributed by atoms with Crippen LogP contribution in [0.2, 0.25) is 5.02 Å². The lowest BCUT2D eigenvalue weighted by molar-refractivity contribution is 0.667. The van der Waals surface area contributed by atoms with E-state index in [9.17, 15) is 0 Å². The van der Waals surface area contributed by atoms with Crippen LogP contribution in [0.4, 0.5) is 0 Å². The van der Waals surface area contributed by atoms with E-state index < -0.39 is 0 Å². The molecule has 2 N–H and O–H groups in total. The van der Waals surface area contributed by atoms with Crippen LogP contribution in [-0.2, 0) is 0 Å². The van der Waals surface area contributed by atoms with Crippen LogP contribution in [0.5, 0.6) is 0 Å². The first-order valence-electron chi connectivity index (χ1n) is 4.74. The molecule has 0 amide bonds. The molecule has 80 valence electrons. The van der Waals surface area contributed by atoms with Crippen LogP contribution in [0, 0.1) is 11.8 Å². The van der Waals surface area contributed by atoms with Gasteiger partial charge in [0.25, 0.3) is 0 Å². The first-order chi connectivity index (χ1) is 7.13. The van der Waals surface area contributed by atoms with Gasteiger partial charge in [0.15, 0.2) is 0 Å². The average molecular weight is 287 g/mol. The van der Waals surface area contributed by atoms with E-state index in [2.05, 4.69) is 27.8 Å². The van der Waals surface area contributed by atoms with Gasteiger partial charge in [-0.25, -0.2) is 0 Å². The van der Waals surface area contributed by atoms with Gasteiger partial charge in [0, 0.05) is 22.0 Å². The lowest BCUT2D eigenvalue weighted by Gasteiger charge is -2.11. The van der Waals surface area contributed by atoms with Crippen molar-refractivity contribution in [2.24, 2.45) is 5.73 Å². The van der Waals surface area contributed by atoms with E-state index in [-0.39, 0.29) is 6.04 Å². The van der Waals surface area contributed by atoms with Crippen LogP contribution in [0.25, 0.3) is 0 Å². The van der Waals surface area contributed by atoms with Crippen molar-refractivity contribution in [1.82, 2.24) is 0 Å². The number of benzene rings is 1. The number of rotatable bonds is 3. The van der Waals surface area contributed by atoms with E-state index in [4.69, 9.17) is 17.3 Å². The van der Waals surface area contributed by atoms with Crippen LogP contribution >= 0.6 is 27.5 Å². The van der Waals surface area contributed by atoms with E-state index in [1.807, 2.05) is 25.1 Å². The van der Waals surface area contributed by atoms with Crippen LogP contribution < -0.4 is 5.73 Å². The molecule has 0 saturated carbocycles. The Morgan fingerprint density at radius 3 is 2.80 bits per heavy atom. The molecule has 0 bridgehead atoms. The van der Waals surface area contributed by atoms with Crippen LogP contribution in [-0.4, -0.2) is 0 Å². The first kappa shape index (κ1) is 12.6. The van der Waals surface area contributed by atoms with Gasteiger partial charge in [0.05, 0.1) is 0 Å². The molecule has 3 heteroatoms. The highest BCUT2D eigenvalue weighted by Crippen LogP contribution is 2.24. The van der Waals surface area contributed by atoms with Crippen molar-refractivity contribution in [2.75, 3.05) is 0 Å². The van der Waals surface area contributed by atoms with Crippen molar-refractivity contribution in [3.8, 4) is 11.8 Å². The predicted octanol–water partition coefficient (Wildman–Crippen LogP) is 3.91. The minimum atomic E-state index is 0.000787. The largest absolute Gasteiger partial charge is 0.324 e. The van der Waals surface area contributed by atoms with E-state index in [0.29, 0.717) is 5.02 Å². The molecule has 0 saturated heterocycles. The van der Waals surface area contributed by atoms with Crippen molar-refractivity contribution < 1.29 is 0 Å². The third kappa shape index (κ3) is 4.25. The van der Waals surface area contributed by atoms with Gasteiger partial charge < -0.3 is 5.73 Å². The van der Waals surface area contributed by atoms with E-state index in [1.54, 1.807) is 0 Å². The molecular weight excluding hydrogens is 273 g/mol. The standard InChI is InChI=1S/C12H13BrClN/c1-2-3-4-5-12(15)9-6-10(13)8-11(14)7-9/h6-8,12H,4-5,15H2,1H3. The highest BCUT2D eigenvalue weighted by Gasteiger charge is 2.06. The summed E-state index contributed by atoms with van der Waals surface area (Å²) in [6.45, 7) is 1.83. The molecule has 1 aromatic rings. The molecule has 0 aromatic heterocycles. The summed E-state index contributed by atoms with van der Waals surface area (Å²) in [4.78, 5) is 0. The molecular formula is C12H13BrClN. The maximum absolute atomic E-state index is 6.03. The summed E-state index contributed by atoms with van der Waals surface area (Å²) in [5.41, 5.74) is 7.07. The highest BCUT2D eigenvalue weighted by atomic mass is 79.9. The molecule has 0 heterocycles. The fourth-order valence-electron chi connectivity index (χ4n) is 1.31. The van der Waals surface area contributed by atoms with Gasteiger partial charge in [-0.05, 0) is 37.1 Å². The van der Waals surface area contributed by atoms with Gasteiger partial charge in [0.2, 0.25) is 0 Å². The summed E-state index contributed by atoms with van der Waals surface area (Å²) in [5.74, 6) is 5.86. The zero-order valence-electron chi connectivity index (χ0n) is 8.56. The summed E-state index contributed by atoms with van der Waals surface area (Å²) < 4.78 is 0.960. The maximum atomic E-state index is 6.03. The maximum Gasteiger partial charge on any atom is 0.0420 e. The SMILES string of the molecule is CC#CCCC(N)c1cc(Cl)cc(Br)c1. The third-order valence-electron chi connectivity index (χ3n) is 2.07. The Bertz CT molecular complexity index is 372. The van der Waals surface area contributed by atoms with E-state index >= 15 is 0 Å². The fourth-order valence-corrected chi connectivity index (χ4v) is 2.19. The second-order valence-electron chi connectivity index (χ2n) is 3.27. The van der Waals surface area contributed by atoms with Crippen molar-refractivity contribution in [3.63, 3.8) is 0 Å². The van der Waals surface area contributed by atoms with Crippen molar-refractivity contribution >= 4 is 27.5 Å². The Morgan fingerprint density at radius 2 is 2.20 bits per heavy atom. The molecule has 0 fully saturated rings. The van der Waals surface area contributed by atoms with E-state index in [1.165, 1.54) is 0 Å². The summed E-state index contributed by atoms with van der Waals surface area (Å²) in [6, 6.07) is 5.75. The Balaban J connectivity index is 2.71. The number of halogens is 2. The molecule has 15 heavy (non-hydrogen) atoms. The topological polar surface area (TPSA) is 26.0 Å². The Kier molecular flexibility index (Phi) is 5.17. The lowest BCUT2D eigenvalue weighted by atomic mass is 10.0. The Hall–Kier alpha value is -0.490. The van der Waals surface area contributed by atoms with Gasteiger partial charge in [-0.3, -0.25) is 0 Å². The van der Waals surface area contributed by atoms with Crippen LogP contribution in [0.3, 0.4) is 0 Å². The second kappa shape index (κ2) is 6.17. The number of nitrogens with two attached hydrogens (primary N) is 1. The normalized spacial score (nSPS) is 11.7. The Labute approximate surface area is 104 Å². The molecule has 0 radical (unpaired) electrons. The first-order valence-corrected chi connectivity index (χ1v) is 5.91. The molecule has 1 aromatic carbocycles. The number of hydrogen-bond acceptors (Lipinski definition) is 1. The smallest absolute Gasteiger partial charge is 0.0420 e. The molecule has 0 aliphatic carbocycles. The van der Waals surface area contributed by atoms with Gasteiger partial charge in [-0.1, -0.05) is 27.5 Å². The lowest BCUT2D eigenvalue weighted by Crippen LogP contribution is -2.09.